The maximum atomic E-state index is 12.6. The Morgan fingerprint density at radius 1 is 1.19 bits per heavy atom. The van der Waals surface area contributed by atoms with Crippen molar-refractivity contribution in [2.45, 2.75) is 30.2 Å². The van der Waals surface area contributed by atoms with Gasteiger partial charge in [-0.25, -0.2) is 13.4 Å². The molecular weight excluding hydrogens is 284 g/mol. The summed E-state index contributed by atoms with van der Waals surface area (Å²) in [5, 5.41) is 0.00746. The number of nitrogen functional groups attached to an aromatic ring is 1. The largest absolute Gasteiger partial charge is 0.396 e. The Labute approximate surface area is 124 Å². The number of hydrogen-bond acceptors (Lipinski definition) is 4. The van der Waals surface area contributed by atoms with Gasteiger partial charge in [-0.1, -0.05) is 24.3 Å². The zero-order chi connectivity index (χ0) is 14.9. The van der Waals surface area contributed by atoms with Gasteiger partial charge in [-0.3, -0.25) is 0 Å². The van der Waals surface area contributed by atoms with E-state index in [9.17, 15) is 8.42 Å². The molecule has 3 rings (SSSR count). The highest BCUT2D eigenvalue weighted by molar-refractivity contribution is 7.91. The SMILES string of the molecule is Nc1cccnc1S(=O)(=O)CC1CCCc2ccccc21. The molecule has 0 radical (unpaired) electrons. The second-order valence-electron chi connectivity index (χ2n) is 5.47. The van der Waals surface area contributed by atoms with Crippen molar-refractivity contribution in [1.29, 1.82) is 0 Å². The molecular formula is C16H18N2O2S. The number of nitrogens with two attached hydrogens (primary N) is 1. The molecule has 0 aliphatic heterocycles. The molecule has 4 nitrogen and oxygen atoms in total. The van der Waals surface area contributed by atoms with Gasteiger partial charge in [-0.2, -0.15) is 0 Å². The van der Waals surface area contributed by atoms with Crippen LogP contribution in [0, 0.1) is 0 Å². The van der Waals surface area contributed by atoms with E-state index in [1.54, 1.807) is 12.1 Å². The van der Waals surface area contributed by atoms with Crippen molar-refractivity contribution in [3.8, 4) is 0 Å². The highest BCUT2D eigenvalue weighted by Gasteiger charge is 2.28. The summed E-state index contributed by atoms with van der Waals surface area (Å²) >= 11 is 0. The molecule has 0 fully saturated rings. The van der Waals surface area contributed by atoms with Gasteiger partial charge in [-0.15, -0.1) is 0 Å². The van der Waals surface area contributed by atoms with Crippen LogP contribution in [0.2, 0.25) is 0 Å². The van der Waals surface area contributed by atoms with Crippen LogP contribution in [0.25, 0.3) is 0 Å². The maximum Gasteiger partial charge on any atom is 0.198 e. The van der Waals surface area contributed by atoms with Crippen LogP contribution >= 0.6 is 0 Å². The average Bonchev–Trinajstić information content (AvgIpc) is 2.47. The summed E-state index contributed by atoms with van der Waals surface area (Å²) in [6.07, 6.45) is 4.41. The Hall–Kier alpha value is -1.88. The minimum absolute atomic E-state index is 0.00746. The molecule has 0 saturated heterocycles. The summed E-state index contributed by atoms with van der Waals surface area (Å²) in [7, 11) is -3.47. The molecule has 1 unspecified atom stereocenters. The van der Waals surface area contributed by atoms with Gasteiger partial charge >= 0.3 is 0 Å². The smallest absolute Gasteiger partial charge is 0.198 e. The van der Waals surface area contributed by atoms with Gasteiger partial charge in [0.15, 0.2) is 14.9 Å². The van der Waals surface area contributed by atoms with Crippen LogP contribution in [0.15, 0.2) is 47.6 Å². The van der Waals surface area contributed by atoms with Gasteiger partial charge < -0.3 is 5.73 Å². The molecule has 110 valence electrons. The fourth-order valence-corrected chi connectivity index (χ4v) is 4.72. The van der Waals surface area contributed by atoms with E-state index >= 15 is 0 Å². The van der Waals surface area contributed by atoms with E-state index in [2.05, 4.69) is 11.1 Å². The topological polar surface area (TPSA) is 73.0 Å². The van der Waals surface area contributed by atoms with Crippen molar-refractivity contribution in [3.05, 3.63) is 53.7 Å². The fraction of sp³-hybridized carbons (Fsp3) is 0.312. The van der Waals surface area contributed by atoms with Crippen molar-refractivity contribution in [2.24, 2.45) is 0 Å². The summed E-state index contributed by atoms with van der Waals surface area (Å²) in [4.78, 5) is 3.96. The third-order valence-corrected chi connectivity index (χ3v) is 5.78. The Kier molecular flexibility index (Phi) is 3.68. The first-order valence-electron chi connectivity index (χ1n) is 7.09. The number of aromatic nitrogens is 1. The Morgan fingerprint density at radius 3 is 2.81 bits per heavy atom. The molecule has 1 aromatic heterocycles. The number of nitrogens with zero attached hydrogens (tertiary/aromatic N) is 1. The third kappa shape index (κ3) is 2.78. The average molecular weight is 302 g/mol. The molecule has 5 heteroatoms. The number of rotatable bonds is 3. The zero-order valence-electron chi connectivity index (χ0n) is 11.7. The summed E-state index contributed by atoms with van der Waals surface area (Å²) < 4.78 is 25.2. The number of benzene rings is 1. The number of pyridine rings is 1. The molecule has 1 aliphatic rings. The summed E-state index contributed by atoms with van der Waals surface area (Å²) in [5.41, 5.74) is 8.40. The van der Waals surface area contributed by atoms with Gasteiger partial charge in [0.25, 0.3) is 0 Å². The molecule has 0 amide bonds. The van der Waals surface area contributed by atoms with E-state index in [1.807, 2.05) is 18.2 Å². The Balaban J connectivity index is 1.93. The lowest BCUT2D eigenvalue weighted by Gasteiger charge is -2.25. The minimum Gasteiger partial charge on any atom is -0.396 e. The Morgan fingerprint density at radius 2 is 2.00 bits per heavy atom. The van der Waals surface area contributed by atoms with Crippen molar-refractivity contribution in [2.75, 3.05) is 11.5 Å². The first-order valence-corrected chi connectivity index (χ1v) is 8.74. The van der Waals surface area contributed by atoms with Gasteiger partial charge in [0.2, 0.25) is 0 Å². The van der Waals surface area contributed by atoms with Crippen LogP contribution in [0.4, 0.5) is 5.69 Å². The summed E-state index contributed by atoms with van der Waals surface area (Å²) in [6.45, 7) is 0. The molecule has 21 heavy (non-hydrogen) atoms. The van der Waals surface area contributed by atoms with Crippen LogP contribution < -0.4 is 5.73 Å². The lowest BCUT2D eigenvalue weighted by Crippen LogP contribution is -2.20. The predicted molar refractivity (Wildman–Crippen MR) is 82.8 cm³/mol. The number of aryl methyl sites for hydroxylation is 1. The van der Waals surface area contributed by atoms with Crippen LogP contribution in [0.5, 0.6) is 0 Å². The van der Waals surface area contributed by atoms with E-state index in [1.165, 1.54) is 11.8 Å². The van der Waals surface area contributed by atoms with Crippen molar-refractivity contribution in [1.82, 2.24) is 4.98 Å². The molecule has 1 aliphatic carbocycles. The zero-order valence-corrected chi connectivity index (χ0v) is 12.5. The highest BCUT2D eigenvalue weighted by Crippen LogP contribution is 2.34. The molecule has 1 heterocycles. The van der Waals surface area contributed by atoms with Gasteiger partial charge in [0.1, 0.15) is 0 Å². The standard InChI is InChI=1S/C16H18N2O2S/c17-15-9-4-10-18-16(15)21(19,20)11-13-7-3-6-12-5-1-2-8-14(12)13/h1-2,4-5,8-10,13H,3,6-7,11,17H2. The Bertz CT molecular complexity index is 756. The monoisotopic (exact) mass is 302 g/mol. The predicted octanol–water partition coefficient (Wildman–Crippen LogP) is 2.56. The van der Waals surface area contributed by atoms with E-state index in [4.69, 9.17) is 5.73 Å². The molecule has 0 spiro atoms. The molecule has 0 bridgehead atoms. The van der Waals surface area contributed by atoms with Gasteiger partial charge in [-0.05, 0) is 48.4 Å². The lowest BCUT2D eigenvalue weighted by molar-refractivity contribution is 0.557. The normalized spacial score (nSPS) is 18.2. The van der Waals surface area contributed by atoms with Crippen LogP contribution in [0.3, 0.4) is 0 Å². The number of hydrogen-bond donors (Lipinski definition) is 1. The van der Waals surface area contributed by atoms with E-state index < -0.39 is 9.84 Å². The molecule has 2 N–H and O–H groups in total. The maximum absolute atomic E-state index is 12.6. The van der Waals surface area contributed by atoms with Crippen molar-refractivity contribution < 1.29 is 8.42 Å². The molecule has 0 saturated carbocycles. The minimum atomic E-state index is -3.47. The molecule has 2 aromatic rings. The van der Waals surface area contributed by atoms with Crippen LogP contribution in [-0.4, -0.2) is 19.2 Å². The lowest BCUT2D eigenvalue weighted by atomic mass is 9.84. The quantitative estimate of drug-likeness (QED) is 0.945. The summed E-state index contributed by atoms with van der Waals surface area (Å²) in [5.74, 6) is 0.104. The third-order valence-electron chi connectivity index (χ3n) is 4.01. The second-order valence-corrected chi connectivity index (χ2v) is 7.42. The number of fused-ring (bicyclic) bond motifs is 1. The van der Waals surface area contributed by atoms with Gasteiger partial charge in [0.05, 0.1) is 11.4 Å². The first kappa shape index (κ1) is 14.1. The van der Waals surface area contributed by atoms with Gasteiger partial charge in [0, 0.05) is 6.20 Å². The van der Waals surface area contributed by atoms with E-state index in [-0.39, 0.29) is 22.4 Å². The summed E-state index contributed by atoms with van der Waals surface area (Å²) in [6, 6.07) is 11.3. The van der Waals surface area contributed by atoms with Crippen molar-refractivity contribution in [3.63, 3.8) is 0 Å². The fourth-order valence-electron chi connectivity index (χ4n) is 3.03. The van der Waals surface area contributed by atoms with Crippen LogP contribution in [-0.2, 0) is 16.3 Å². The molecule has 1 atom stereocenters. The van der Waals surface area contributed by atoms with E-state index in [0.717, 1.165) is 24.8 Å². The van der Waals surface area contributed by atoms with Crippen molar-refractivity contribution >= 4 is 15.5 Å². The molecule has 1 aromatic carbocycles. The number of sulfone groups is 1. The second kappa shape index (κ2) is 5.48. The van der Waals surface area contributed by atoms with E-state index in [0.29, 0.717) is 0 Å². The van der Waals surface area contributed by atoms with Crippen LogP contribution in [0.1, 0.15) is 29.9 Å². The first-order chi connectivity index (χ1) is 10.1. The number of anilines is 1. The highest BCUT2D eigenvalue weighted by atomic mass is 32.2.